The summed E-state index contributed by atoms with van der Waals surface area (Å²) in [5, 5.41) is 14.8. The molecule has 0 aliphatic carbocycles. The second-order valence-electron chi connectivity index (χ2n) is 5.22. The molecule has 1 saturated heterocycles. The maximum absolute atomic E-state index is 4.39. The fourth-order valence-corrected chi connectivity index (χ4v) is 2.03. The van der Waals surface area contributed by atoms with Crippen LogP contribution in [0, 0.1) is 19.3 Å². The van der Waals surface area contributed by atoms with Crippen molar-refractivity contribution in [3.63, 3.8) is 0 Å². The van der Waals surface area contributed by atoms with E-state index in [0.29, 0.717) is 11.4 Å². The Balaban J connectivity index is 1.94. The van der Waals surface area contributed by atoms with Crippen LogP contribution in [-0.2, 0) is 0 Å². The molecule has 2 heterocycles. The highest BCUT2D eigenvalue weighted by Crippen LogP contribution is 2.27. The number of nitrogens with one attached hydrogen (secondary N) is 2. The molecule has 5 nitrogen and oxygen atoms in total. The molecule has 1 aromatic heterocycles. The summed E-state index contributed by atoms with van der Waals surface area (Å²) in [5.41, 5.74) is 2.18. The van der Waals surface area contributed by atoms with Crippen molar-refractivity contribution >= 4 is 5.95 Å². The Kier molecular flexibility index (Phi) is 3.57. The van der Waals surface area contributed by atoms with Crippen LogP contribution in [0.2, 0.25) is 0 Å². The number of piperidine rings is 1. The Bertz CT molecular complexity index is 384. The molecule has 0 bridgehead atoms. The molecule has 0 spiro atoms. The van der Waals surface area contributed by atoms with Crippen molar-refractivity contribution in [1.82, 2.24) is 20.5 Å². The number of hydrogen-bond acceptors (Lipinski definition) is 5. The van der Waals surface area contributed by atoms with Crippen LogP contribution < -0.4 is 10.6 Å². The first-order valence-corrected chi connectivity index (χ1v) is 6.22. The summed E-state index contributed by atoms with van der Waals surface area (Å²) >= 11 is 0. The van der Waals surface area contributed by atoms with Gasteiger partial charge in [0.2, 0.25) is 5.95 Å². The van der Waals surface area contributed by atoms with Gasteiger partial charge in [-0.15, -0.1) is 5.10 Å². The zero-order chi connectivity index (χ0) is 12.3. The van der Waals surface area contributed by atoms with Gasteiger partial charge in [0.1, 0.15) is 0 Å². The number of hydrogen-bond donors (Lipinski definition) is 2. The predicted octanol–water partition coefficient (Wildman–Crippen LogP) is 1.29. The molecule has 1 aliphatic rings. The monoisotopic (exact) mass is 235 g/mol. The minimum absolute atomic E-state index is 0.341. The second kappa shape index (κ2) is 4.96. The van der Waals surface area contributed by atoms with E-state index in [1.807, 2.05) is 13.8 Å². The van der Waals surface area contributed by atoms with Crippen LogP contribution in [0.3, 0.4) is 0 Å². The van der Waals surface area contributed by atoms with E-state index in [1.165, 1.54) is 12.8 Å². The molecule has 0 amide bonds. The highest BCUT2D eigenvalue weighted by atomic mass is 15.2. The molecule has 0 aromatic carbocycles. The normalized spacial score (nSPS) is 19.0. The summed E-state index contributed by atoms with van der Waals surface area (Å²) in [5.74, 6) is 0.646. The first kappa shape index (κ1) is 12.2. The number of anilines is 1. The van der Waals surface area contributed by atoms with Crippen molar-refractivity contribution < 1.29 is 0 Å². The van der Waals surface area contributed by atoms with Gasteiger partial charge in [-0.2, -0.15) is 5.10 Å². The summed E-state index contributed by atoms with van der Waals surface area (Å²) in [7, 11) is 0. The summed E-state index contributed by atoms with van der Waals surface area (Å²) in [6.45, 7) is 9.32. The van der Waals surface area contributed by atoms with Crippen LogP contribution in [0.15, 0.2) is 0 Å². The highest BCUT2D eigenvalue weighted by molar-refractivity contribution is 5.25. The lowest BCUT2D eigenvalue weighted by molar-refractivity contribution is 0.247. The van der Waals surface area contributed by atoms with Gasteiger partial charge in [0.05, 0.1) is 11.4 Å². The first-order chi connectivity index (χ1) is 8.09. The van der Waals surface area contributed by atoms with Crippen LogP contribution in [0.4, 0.5) is 5.95 Å². The van der Waals surface area contributed by atoms with Crippen molar-refractivity contribution in [2.45, 2.75) is 33.6 Å². The van der Waals surface area contributed by atoms with Gasteiger partial charge in [-0.25, -0.2) is 4.98 Å². The minimum atomic E-state index is 0.341. The second-order valence-corrected chi connectivity index (χ2v) is 5.22. The van der Waals surface area contributed by atoms with E-state index in [1.54, 1.807) is 0 Å². The molecule has 0 unspecified atom stereocenters. The summed E-state index contributed by atoms with van der Waals surface area (Å²) in [4.78, 5) is 4.39. The van der Waals surface area contributed by atoms with E-state index in [0.717, 1.165) is 31.0 Å². The molecule has 0 atom stereocenters. The quantitative estimate of drug-likeness (QED) is 0.826. The lowest BCUT2D eigenvalue weighted by Crippen LogP contribution is -2.39. The van der Waals surface area contributed by atoms with Crippen molar-refractivity contribution in [3.05, 3.63) is 11.4 Å². The molecular formula is C12H21N5. The zero-order valence-corrected chi connectivity index (χ0v) is 10.9. The number of nitrogens with zero attached hydrogens (tertiary/aromatic N) is 3. The lowest BCUT2D eigenvalue weighted by atomic mass is 9.81. The van der Waals surface area contributed by atoms with Crippen LogP contribution in [0.5, 0.6) is 0 Å². The smallest absolute Gasteiger partial charge is 0.242 e. The third-order valence-electron chi connectivity index (χ3n) is 3.58. The van der Waals surface area contributed by atoms with Gasteiger partial charge in [0.25, 0.3) is 0 Å². The van der Waals surface area contributed by atoms with Crippen LogP contribution in [-0.4, -0.2) is 34.8 Å². The largest absolute Gasteiger partial charge is 0.352 e. The number of aromatic nitrogens is 3. The SMILES string of the molecule is Cc1nnc(NCC2(C)CCNCC2)nc1C. The first-order valence-electron chi connectivity index (χ1n) is 6.22. The van der Waals surface area contributed by atoms with E-state index in [-0.39, 0.29) is 0 Å². The molecule has 2 rings (SSSR count). The topological polar surface area (TPSA) is 62.7 Å². The maximum atomic E-state index is 4.39. The zero-order valence-electron chi connectivity index (χ0n) is 10.9. The van der Waals surface area contributed by atoms with Gasteiger partial charge in [0.15, 0.2) is 0 Å². The standard InChI is InChI=1S/C12H21N5/c1-9-10(2)16-17-11(15-9)14-8-12(3)4-6-13-7-5-12/h13H,4-8H2,1-3H3,(H,14,15,17). The molecule has 0 saturated carbocycles. The maximum Gasteiger partial charge on any atom is 0.242 e. The van der Waals surface area contributed by atoms with Crippen LogP contribution in [0.1, 0.15) is 31.2 Å². The minimum Gasteiger partial charge on any atom is -0.352 e. The fourth-order valence-electron chi connectivity index (χ4n) is 2.03. The van der Waals surface area contributed by atoms with Crippen molar-refractivity contribution in [2.24, 2.45) is 5.41 Å². The van der Waals surface area contributed by atoms with E-state index < -0.39 is 0 Å². The number of rotatable bonds is 3. The van der Waals surface area contributed by atoms with E-state index >= 15 is 0 Å². The Morgan fingerprint density at radius 1 is 1.18 bits per heavy atom. The molecule has 5 heteroatoms. The fraction of sp³-hybridized carbons (Fsp3) is 0.750. The van der Waals surface area contributed by atoms with Gasteiger partial charge in [-0.05, 0) is 45.2 Å². The third kappa shape index (κ3) is 3.12. The molecule has 1 fully saturated rings. The van der Waals surface area contributed by atoms with E-state index in [4.69, 9.17) is 0 Å². The average Bonchev–Trinajstić information content (AvgIpc) is 2.32. The Morgan fingerprint density at radius 2 is 1.88 bits per heavy atom. The molecule has 0 radical (unpaired) electrons. The van der Waals surface area contributed by atoms with Crippen molar-refractivity contribution in [1.29, 1.82) is 0 Å². The van der Waals surface area contributed by atoms with E-state index in [2.05, 4.69) is 32.7 Å². The van der Waals surface area contributed by atoms with Gasteiger partial charge in [-0.3, -0.25) is 0 Å². The average molecular weight is 235 g/mol. The molecule has 94 valence electrons. The summed E-state index contributed by atoms with van der Waals surface area (Å²) in [6.07, 6.45) is 2.39. The number of aryl methyl sites for hydroxylation is 2. The van der Waals surface area contributed by atoms with E-state index in [9.17, 15) is 0 Å². The van der Waals surface area contributed by atoms with Gasteiger partial charge in [-0.1, -0.05) is 6.92 Å². The Hall–Kier alpha value is -1.23. The molecule has 2 N–H and O–H groups in total. The van der Waals surface area contributed by atoms with Crippen molar-refractivity contribution in [2.75, 3.05) is 25.0 Å². The van der Waals surface area contributed by atoms with Crippen LogP contribution >= 0.6 is 0 Å². The van der Waals surface area contributed by atoms with Gasteiger partial charge < -0.3 is 10.6 Å². The molecular weight excluding hydrogens is 214 g/mol. The molecule has 1 aliphatic heterocycles. The highest BCUT2D eigenvalue weighted by Gasteiger charge is 2.26. The van der Waals surface area contributed by atoms with Gasteiger partial charge >= 0.3 is 0 Å². The van der Waals surface area contributed by atoms with Gasteiger partial charge in [0, 0.05) is 6.54 Å². The summed E-state index contributed by atoms with van der Waals surface area (Å²) < 4.78 is 0. The summed E-state index contributed by atoms with van der Waals surface area (Å²) in [6, 6.07) is 0. The Morgan fingerprint density at radius 3 is 2.53 bits per heavy atom. The van der Waals surface area contributed by atoms with Crippen LogP contribution in [0.25, 0.3) is 0 Å². The van der Waals surface area contributed by atoms with Crippen molar-refractivity contribution in [3.8, 4) is 0 Å². The lowest BCUT2D eigenvalue weighted by Gasteiger charge is -2.34. The molecule has 1 aromatic rings. The third-order valence-corrected chi connectivity index (χ3v) is 3.58. The molecule has 17 heavy (non-hydrogen) atoms. The Labute approximate surface area is 102 Å². The predicted molar refractivity (Wildman–Crippen MR) is 68.0 cm³/mol.